The van der Waals surface area contributed by atoms with E-state index in [0.717, 1.165) is 29.4 Å². The van der Waals surface area contributed by atoms with E-state index in [1.165, 1.54) is 5.56 Å². The van der Waals surface area contributed by atoms with Crippen LogP contribution in [0.1, 0.15) is 25.0 Å². The topological polar surface area (TPSA) is 43.7 Å². The van der Waals surface area contributed by atoms with E-state index in [1.807, 2.05) is 32.2 Å². The molecule has 0 aliphatic rings. The first-order valence-electron chi connectivity index (χ1n) is 8.06. The van der Waals surface area contributed by atoms with E-state index in [1.54, 1.807) is 4.34 Å². The van der Waals surface area contributed by atoms with Crippen LogP contribution in [0, 0.1) is 6.92 Å². The Morgan fingerprint density at radius 3 is 2.39 bits per heavy atom. The van der Waals surface area contributed by atoms with Gasteiger partial charge in [-0.25, -0.2) is 4.57 Å². The Labute approximate surface area is 138 Å². The van der Waals surface area contributed by atoms with Crippen LogP contribution in [0.3, 0.4) is 0 Å². The largest absolute Gasteiger partial charge is 0.439 e. The third-order valence-corrected chi connectivity index (χ3v) is 5.73. The first kappa shape index (κ1) is 18.2. The fourth-order valence-electron chi connectivity index (χ4n) is 2.63. The van der Waals surface area contributed by atoms with Gasteiger partial charge in [-0.1, -0.05) is 11.6 Å². The third-order valence-electron chi connectivity index (χ3n) is 3.70. The van der Waals surface area contributed by atoms with E-state index >= 15 is 0 Å². The third kappa shape index (κ3) is 4.04. The highest BCUT2D eigenvalue weighted by molar-refractivity contribution is 7.52. The number of likely N-dealkylation sites (N-methyl/N-ethyl adjacent to an activating group) is 1. The summed E-state index contributed by atoms with van der Waals surface area (Å²) in [6, 6.07) is 6.16. The molecule has 0 unspecified atom stereocenters. The van der Waals surface area contributed by atoms with Gasteiger partial charge in [-0.05, 0) is 59.0 Å². The number of aryl methyl sites for hydroxylation is 1. The summed E-state index contributed by atoms with van der Waals surface area (Å²) >= 11 is 0. The normalized spacial score (nSPS) is 12.4. The van der Waals surface area contributed by atoms with E-state index in [4.69, 9.17) is 9.05 Å². The molecule has 0 N–H and O–H groups in total. The van der Waals surface area contributed by atoms with Gasteiger partial charge in [0, 0.05) is 18.1 Å². The summed E-state index contributed by atoms with van der Waals surface area (Å²) in [5.41, 5.74) is 3.25. The molecule has 0 aliphatic carbocycles. The number of fused-ring (bicyclic) bond motifs is 1. The van der Waals surface area contributed by atoms with Gasteiger partial charge >= 0.3 is 7.75 Å². The summed E-state index contributed by atoms with van der Waals surface area (Å²) in [6.45, 7) is 7.34. The van der Waals surface area contributed by atoms with Gasteiger partial charge in [-0.2, -0.15) is 0 Å². The van der Waals surface area contributed by atoms with Crippen LogP contribution in [0.2, 0.25) is 0 Å². The second kappa shape index (κ2) is 7.63. The van der Waals surface area contributed by atoms with Crippen LogP contribution in [0.4, 0.5) is 0 Å². The van der Waals surface area contributed by atoms with Gasteiger partial charge < -0.3 is 4.90 Å². The average Bonchev–Trinajstić information content (AvgIpc) is 2.84. The predicted octanol–water partition coefficient (Wildman–Crippen LogP) is 4.08. The maximum absolute atomic E-state index is 13.2. The lowest BCUT2D eigenvalue weighted by molar-refractivity contribution is 0.213. The van der Waals surface area contributed by atoms with E-state index in [2.05, 4.69) is 32.0 Å². The molecular weight excluding hydrogens is 311 g/mol. The lowest BCUT2D eigenvalue weighted by atomic mass is 10.1. The van der Waals surface area contributed by atoms with E-state index < -0.39 is 7.75 Å². The molecule has 0 fully saturated rings. The number of aromatic nitrogens is 1. The molecule has 0 radical (unpaired) electrons. The quantitative estimate of drug-likeness (QED) is 0.680. The molecule has 23 heavy (non-hydrogen) atoms. The van der Waals surface area contributed by atoms with Crippen LogP contribution in [0.25, 0.3) is 10.9 Å². The van der Waals surface area contributed by atoms with E-state index in [9.17, 15) is 4.57 Å². The van der Waals surface area contributed by atoms with Crippen LogP contribution < -0.4 is 0 Å². The zero-order valence-corrected chi connectivity index (χ0v) is 15.6. The fourth-order valence-corrected chi connectivity index (χ4v) is 4.32. The van der Waals surface area contributed by atoms with Crippen molar-refractivity contribution in [1.82, 2.24) is 9.24 Å². The first-order valence-corrected chi connectivity index (χ1v) is 9.56. The van der Waals surface area contributed by atoms with Crippen LogP contribution in [-0.4, -0.2) is 43.1 Å². The molecule has 6 heteroatoms. The maximum atomic E-state index is 13.2. The Morgan fingerprint density at radius 1 is 1.17 bits per heavy atom. The molecule has 1 aromatic carbocycles. The van der Waals surface area contributed by atoms with Gasteiger partial charge in [-0.3, -0.25) is 13.4 Å². The Morgan fingerprint density at radius 2 is 1.83 bits per heavy atom. The summed E-state index contributed by atoms with van der Waals surface area (Å²) in [7, 11) is 0.747. The summed E-state index contributed by atoms with van der Waals surface area (Å²) in [5, 5.41) is 1.12. The minimum absolute atomic E-state index is 0.343. The SMILES string of the molecule is CCOP(=O)(OCC)n1cc(CCN(C)C)c2cc(C)ccc21. The van der Waals surface area contributed by atoms with Crippen molar-refractivity contribution in [2.45, 2.75) is 27.2 Å². The highest BCUT2D eigenvalue weighted by Crippen LogP contribution is 2.52. The minimum Gasteiger partial charge on any atom is -0.309 e. The Kier molecular flexibility index (Phi) is 6.04. The van der Waals surface area contributed by atoms with Crippen molar-refractivity contribution in [1.29, 1.82) is 0 Å². The van der Waals surface area contributed by atoms with Crippen molar-refractivity contribution in [3.8, 4) is 0 Å². The van der Waals surface area contributed by atoms with Gasteiger partial charge in [-0.15, -0.1) is 0 Å². The lowest BCUT2D eigenvalue weighted by Gasteiger charge is -2.18. The molecule has 0 saturated heterocycles. The molecule has 5 nitrogen and oxygen atoms in total. The Balaban J connectivity index is 2.57. The molecule has 128 valence electrons. The molecule has 0 saturated carbocycles. The molecule has 0 bridgehead atoms. The monoisotopic (exact) mass is 338 g/mol. The number of hydrogen-bond acceptors (Lipinski definition) is 4. The zero-order chi connectivity index (χ0) is 17.0. The van der Waals surface area contributed by atoms with Crippen LogP contribution >= 0.6 is 7.75 Å². The van der Waals surface area contributed by atoms with Gasteiger partial charge in [0.2, 0.25) is 0 Å². The summed E-state index contributed by atoms with van der Waals surface area (Å²) in [5.74, 6) is 0. The number of rotatable bonds is 8. The van der Waals surface area contributed by atoms with Crippen LogP contribution in [-0.2, 0) is 20.0 Å². The summed E-state index contributed by atoms with van der Waals surface area (Å²) in [6.07, 6.45) is 2.82. The Hall–Kier alpha value is -1.13. The first-order chi connectivity index (χ1) is 10.9. The van der Waals surface area contributed by atoms with Crippen LogP contribution in [0.5, 0.6) is 0 Å². The molecule has 2 aromatic rings. The van der Waals surface area contributed by atoms with Gasteiger partial charge in [0.25, 0.3) is 0 Å². The van der Waals surface area contributed by atoms with Crippen molar-refractivity contribution in [2.24, 2.45) is 0 Å². The Bertz CT molecular complexity index is 699. The van der Waals surface area contributed by atoms with Crippen LogP contribution in [0.15, 0.2) is 24.4 Å². The molecule has 1 aromatic heterocycles. The average molecular weight is 338 g/mol. The molecule has 0 spiro atoms. The highest BCUT2D eigenvalue weighted by Gasteiger charge is 2.29. The molecule has 0 atom stereocenters. The van der Waals surface area contributed by atoms with E-state index in [0.29, 0.717) is 13.2 Å². The predicted molar refractivity (Wildman–Crippen MR) is 95.2 cm³/mol. The van der Waals surface area contributed by atoms with Gasteiger partial charge in [0.1, 0.15) is 0 Å². The second-order valence-corrected chi connectivity index (χ2v) is 7.76. The highest BCUT2D eigenvalue weighted by atomic mass is 31.2. The van der Waals surface area contributed by atoms with E-state index in [-0.39, 0.29) is 0 Å². The summed E-state index contributed by atoms with van der Waals surface area (Å²) < 4.78 is 25.9. The number of benzene rings is 1. The molecular formula is C17H27N2O3P. The molecule has 0 amide bonds. The molecule has 1 heterocycles. The zero-order valence-electron chi connectivity index (χ0n) is 14.7. The van der Waals surface area contributed by atoms with Crippen molar-refractivity contribution in [3.05, 3.63) is 35.5 Å². The van der Waals surface area contributed by atoms with Gasteiger partial charge in [0.15, 0.2) is 0 Å². The smallest absolute Gasteiger partial charge is 0.309 e. The van der Waals surface area contributed by atoms with Crippen molar-refractivity contribution in [3.63, 3.8) is 0 Å². The fraction of sp³-hybridized carbons (Fsp3) is 0.529. The number of nitrogens with zero attached hydrogens (tertiary/aromatic N) is 2. The van der Waals surface area contributed by atoms with Crippen molar-refractivity contribution < 1.29 is 13.6 Å². The standard InChI is InChI=1S/C17H27N2O3P/c1-6-21-23(20,22-7-2)19-13-15(10-11-18(4)5)16-12-14(3)8-9-17(16)19/h8-9,12-13H,6-7,10-11H2,1-5H3. The van der Waals surface area contributed by atoms with Gasteiger partial charge in [0.05, 0.1) is 18.7 Å². The van der Waals surface area contributed by atoms with Crippen molar-refractivity contribution in [2.75, 3.05) is 33.9 Å². The lowest BCUT2D eigenvalue weighted by Crippen LogP contribution is -2.14. The summed E-state index contributed by atoms with van der Waals surface area (Å²) in [4.78, 5) is 2.14. The molecule has 0 aliphatic heterocycles. The number of hydrogen-bond donors (Lipinski definition) is 0. The maximum Gasteiger partial charge on any atom is 0.439 e. The molecule has 2 rings (SSSR count). The second-order valence-electron chi connectivity index (χ2n) is 5.88. The van der Waals surface area contributed by atoms with Crippen molar-refractivity contribution >= 4 is 18.6 Å². The minimum atomic E-state index is -3.36.